The van der Waals surface area contributed by atoms with Gasteiger partial charge in [0.05, 0.1) is 19.4 Å². The third-order valence-electron chi connectivity index (χ3n) is 2.29. The molecule has 0 aliphatic heterocycles. The number of nitrogens with zero attached hydrogens (tertiary/aromatic N) is 1. The number of nitrogens with two attached hydrogens (primary N) is 1. The van der Waals surface area contributed by atoms with Crippen molar-refractivity contribution in [3.8, 4) is 5.75 Å². The van der Waals surface area contributed by atoms with Gasteiger partial charge in [-0.2, -0.15) is 0 Å². The number of aromatic hydroxyl groups is 1. The Bertz CT molecular complexity index is 406. The van der Waals surface area contributed by atoms with Crippen LogP contribution in [0.4, 0.5) is 0 Å². The summed E-state index contributed by atoms with van der Waals surface area (Å²) in [6.45, 7) is 1.21. The first-order chi connectivity index (χ1) is 7.52. The highest BCUT2D eigenvalue weighted by Gasteiger charge is 2.24. The number of carbonyl (C=O) groups is 1. The maximum absolute atomic E-state index is 11.3. The first-order valence-electron chi connectivity index (χ1n) is 4.64. The van der Waals surface area contributed by atoms with E-state index >= 15 is 0 Å². The summed E-state index contributed by atoms with van der Waals surface area (Å²) >= 11 is 0. The molecule has 0 saturated heterocycles. The maximum atomic E-state index is 11.3. The van der Waals surface area contributed by atoms with Gasteiger partial charge in [-0.15, -0.1) is 0 Å². The van der Waals surface area contributed by atoms with Crippen molar-refractivity contribution in [3.63, 3.8) is 0 Å². The molecule has 0 aliphatic rings. The quantitative estimate of drug-likeness (QED) is 0.614. The van der Waals surface area contributed by atoms with Crippen molar-refractivity contribution in [2.75, 3.05) is 7.11 Å². The fourth-order valence-electron chi connectivity index (χ4n) is 1.37. The van der Waals surface area contributed by atoms with Gasteiger partial charge in [-0.05, 0) is 6.92 Å². The fraction of sp³-hybridized carbons (Fsp3) is 0.400. The Kier molecular flexibility index (Phi) is 3.81. The summed E-state index contributed by atoms with van der Waals surface area (Å²) in [5, 5.41) is 18.8. The Morgan fingerprint density at radius 1 is 1.69 bits per heavy atom. The Hall–Kier alpha value is -1.66. The van der Waals surface area contributed by atoms with E-state index in [0.29, 0.717) is 11.3 Å². The van der Waals surface area contributed by atoms with Crippen molar-refractivity contribution in [1.29, 1.82) is 0 Å². The normalized spacial score (nSPS) is 12.2. The number of aryl methyl sites for hydroxylation is 1. The minimum atomic E-state index is -1.13. The molecule has 1 aromatic heterocycles. The van der Waals surface area contributed by atoms with Crippen LogP contribution >= 0.6 is 0 Å². The third kappa shape index (κ3) is 2.12. The summed E-state index contributed by atoms with van der Waals surface area (Å²) in [7, 11) is 1.20. The van der Waals surface area contributed by atoms with E-state index in [1.54, 1.807) is 6.92 Å². The summed E-state index contributed by atoms with van der Waals surface area (Å²) in [6.07, 6.45) is 1.37. The molecule has 0 bridgehead atoms. The minimum Gasteiger partial charge on any atom is -0.506 e. The molecule has 0 radical (unpaired) electrons. The summed E-state index contributed by atoms with van der Waals surface area (Å²) in [6, 6.07) is -1.13. The summed E-state index contributed by atoms with van der Waals surface area (Å²) in [5.41, 5.74) is 6.42. The topological polar surface area (TPSA) is 106 Å². The lowest BCUT2D eigenvalue weighted by Crippen LogP contribution is -2.24. The van der Waals surface area contributed by atoms with Crippen LogP contribution < -0.4 is 5.73 Å². The Morgan fingerprint density at radius 2 is 2.31 bits per heavy atom. The average molecular weight is 226 g/mol. The number of methoxy groups -OCH3 is 1. The van der Waals surface area contributed by atoms with Gasteiger partial charge in [0, 0.05) is 17.3 Å². The number of rotatable bonds is 3. The highest BCUT2D eigenvalue weighted by atomic mass is 16.5. The summed E-state index contributed by atoms with van der Waals surface area (Å²) in [4.78, 5) is 15.1. The van der Waals surface area contributed by atoms with Crippen molar-refractivity contribution in [3.05, 3.63) is 23.0 Å². The zero-order chi connectivity index (χ0) is 12.3. The molecule has 6 heteroatoms. The predicted molar refractivity (Wildman–Crippen MR) is 55.5 cm³/mol. The second kappa shape index (κ2) is 4.91. The standard InChI is InChI=1S/C10H14N2O4/c1-5-9(14)7(6(4-13)3-12-5)8(11)10(15)16-2/h3,8,13-14H,4,11H2,1-2H3/t8-/m0/s1. The largest absolute Gasteiger partial charge is 0.506 e. The van der Waals surface area contributed by atoms with Crippen LogP contribution in [0.2, 0.25) is 0 Å². The molecule has 0 unspecified atom stereocenters. The van der Waals surface area contributed by atoms with E-state index in [0.717, 1.165) is 0 Å². The Labute approximate surface area is 92.7 Å². The van der Waals surface area contributed by atoms with Gasteiger partial charge in [-0.25, -0.2) is 0 Å². The van der Waals surface area contributed by atoms with Crippen LogP contribution in [0.15, 0.2) is 6.20 Å². The number of aliphatic hydroxyl groups excluding tert-OH is 1. The smallest absolute Gasteiger partial charge is 0.327 e. The van der Waals surface area contributed by atoms with E-state index in [4.69, 9.17) is 10.8 Å². The first kappa shape index (κ1) is 12.4. The van der Waals surface area contributed by atoms with Crippen molar-refractivity contribution in [1.82, 2.24) is 4.98 Å². The molecule has 1 rings (SSSR count). The Morgan fingerprint density at radius 3 is 2.81 bits per heavy atom. The third-order valence-corrected chi connectivity index (χ3v) is 2.29. The molecule has 1 heterocycles. The summed E-state index contributed by atoms with van der Waals surface area (Å²) < 4.78 is 4.48. The SMILES string of the molecule is COC(=O)[C@@H](N)c1c(CO)cnc(C)c1O. The molecule has 16 heavy (non-hydrogen) atoms. The van der Waals surface area contributed by atoms with Crippen molar-refractivity contribution in [2.24, 2.45) is 5.73 Å². The van der Waals surface area contributed by atoms with E-state index in [-0.39, 0.29) is 17.9 Å². The number of ether oxygens (including phenoxy) is 1. The first-order valence-corrected chi connectivity index (χ1v) is 4.64. The minimum absolute atomic E-state index is 0.154. The molecule has 0 aliphatic carbocycles. The number of aromatic nitrogens is 1. The van der Waals surface area contributed by atoms with Gasteiger partial charge in [0.2, 0.25) is 0 Å². The molecule has 0 aromatic carbocycles. The zero-order valence-electron chi connectivity index (χ0n) is 9.10. The van der Waals surface area contributed by atoms with Crippen molar-refractivity contribution in [2.45, 2.75) is 19.6 Å². The van der Waals surface area contributed by atoms with E-state index in [1.165, 1.54) is 13.3 Å². The second-order valence-electron chi connectivity index (χ2n) is 3.29. The van der Waals surface area contributed by atoms with Crippen molar-refractivity contribution < 1.29 is 19.7 Å². The Balaban J connectivity index is 3.29. The van der Waals surface area contributed by atoms with Crippen LogP contribution in [0.1, 0.15) is 22.9 Å². The number of pyridine rings is 1. The molecule has 0 saturated carbocycles. The molecule has 4 N–H and O–H groups in total. The van der Waals surface area contributed by atoms with E-state index < -0.39 is 12.0 Å². The van der Waals surface area contributed by atoms with Crippen LogP contribution in [-0.4, -0.2) is 28.3 Å². The number of aliphatic hydroxyl groups is 1. The highest BCUT2D eigenvalue weighted by Crippen LogP contribution is 2.29. The second-order valence-corrected chi connectivity index (χ2v) is 3.29. The van der Waals surface area contributed by atoms with E-state index in [2.05, 4.69) is 9.72 Å². The van der Waals surface area contributed by atoms with Crippen LogP contribution in [0.25, 0.3) is 0 Å². The number of esters is 1. The predicted octanol–water partition coefficient (Wildman–Crippen LogP) is -0.239. The lowest BCUT2D eigenvalue weighted by molar-refractivity contribution is -0.142. The van der Waals surface area contributed by atoms with E-state index in [9.17, 15) is 9.90 Å². The molecule has 6 nitrogen and oxygen atoms in total. The monoisotopic (exact) mass is 226 g/mol. The van der Waals surface area contributed by atoms with Gasteiger partial charge in [0.1, 0.15) is 11.8 Å². The number of carbonyl (C=O) groups excluding carboxylic acids is 1. The highest BCUT2D eigenvalue weighted by molar-refractivity contribution is 5.79. The molecule has 0 spiro atoms. The average Bonchev–Trinajstić information content (AvgIpc) is 2.30. The molecule has 1 atom stereocenters. The number of hydrogen-bond acceptors (Lipinski definition) is 6. The van der Waals surface area contributed by atoms with Crippen LogP contribution in [0.3, 0.4) is 0 Å². The van der Waals surface area contributed by atoms with Crippen LogP contribution in [-0.2, 0) is 16.1 Å². The molecule has 0 fully saturated rings. The summed E-state index contributed by atoms with van der Waals surface area (Å²) in [5.74, 6) is -0.875. The number of hydrogen-bond donors (Lipinski definition) is 3. The van der Waals surface area contributed by atoms with Gasteiger partial charge in [0.15, 0.2) is 0 Å². The molecule has 88 valence electrons. The van der Waals surface area contributed by atoms with Gasteiger partial charge >= 0.3 is 5.97 Å². The van der Waals surface area contributed by atoms with Gasteiger partial charge < -0.3 is 20.7 Å². The van der Waals surface area contributed by atoms with Gasteiger partial charge in [0.25, 0.3) is 0 Å². The van der Waals surface area contributed by atoms with Crippen LogP contribution in [0.5, 0.6) is 5.75 Å². The fourth-order valence-corrected chi connectivity index (χ4v) is 1.37. The van der Waals surface area contributed by atoms with Gasteiger partial charge in [-0.3, -0.25) is 9.78 Å². The molecule has 1 aromatic rings. The lowest BCUT2D eigenvalue weighted by Gasteiger charge is -2.15. The van der Waals surface area contributed by atoms with Crippen molar-refractivity contribution >= 4 is 5.97 Å². The molecular formula is C10H14N2O4. The lowest BCUT2D eigenvalue weighted by atomic mass is 10.0. The van der Waals surface area contributed by atoms with E-state index in [1.807, 2.05) is 0 Å². The van der Waals surface area contributed by atoms with Crippen LogP contribution in [0, 0.1) is 6.92 Å². The molecular weight excluding hydrogens is 212 g/mol. The maximum Gasteiger partial charge on any atom is 0.327 e. The van der Waals surface area contributed by atoms with Gasteiger partial charge in [-0.1, -0.05) is 0 Å². The molecule has 0 amide bonds. The zero-order valence-corrected chi connectivity index (χ0v) is 9.10.